The first-order valence-corrected chi connectivity index (χ1v) is 24.0. The maximum atomic E-state index is 5.64. The Hall–Kier alpha value is -6.62. The number of benzene rings is 3. The van der Waals surface area contributed by atoms with E-state index in [1.807, 2.05) is 24.3 Å². The molecule has 0 atom stereocenters. The molecule has 2 aliphatic heterocycles. The second-order valence-electron chi connectivity index (χ2n) is 20.2. The van der Waals surface area contributed by atoms with Crippen molar-refractivity contribution in [2.75, 3.05) is 0 Å². The lowest BCUT2D eigenvalue weighted by molar-refractivity contribution is 0.569. The number of terminal acetylenes is 1. The normalized spacial score (nSPS) is 13.0. The molecule has 0 saturated carbocycles. The highest BCUT2D eigenvalue weighted by Crippen LogP contribution is 2.45. The number of nitrogens with one attached hydrogen (secondary N) is 2. The molecule has 6 aromatic rings. The zero-order chi connectivity index (χ0) is 47.4. The van der Waals surface area contributed by atoms with Crippen LogP contribution in [0.5, 0.6) is 0 Å². The number of rotatable bonds is 6. The second-order valence-corrected chi connectivity index (χ2v) is 20.2. The number of allylic oxidation sites excluding steroid dienone is 4. The molecule has 2 N–H and O–H groups in total. The van der Waals surface area contributed by atoms with Crippen LogP contribution in [0.3, 0.4) is 0 Å². The largest absolute Gasteiger partial charge is 0.354 e. The summed E-state index contributed by atoms with van der Waals surface area (Å²) in [4.78, 5) is 19.4. The minimum Gasteiger partial charge on any atom is -0.354 e. The molecule has 0 aliphatic carbocycles. The Morgan fingerprint density at radius 3 is 1.29 bits per heavy atom. The second kappa shape index (κ2) is 17.6. The average molecular weight is 867 g/mol. The minimum atomic E-state index is -0.0427. The molecule has 4 nitrogen and oxygen atoms in total. The fraction of sp³-hybridized carbons (Fsp3) is 0.323. The SMILES string of the molecule is C#Cc1ccc(C#Cc2ccc(-c3c4nc(cc5[nH]c(c(C)c5CC)c(-c5cc(C(C)(C)C)cc(C(C)(C)C)c5)c5[nH]c(cc6nc3C(C)=C6CC)c(CC)c5C)C(CC)=C4C)cc2)cc1. The van der Waals surface area contributed by atoms with Crippen LogP contribution in [0.15, 0.2) is 78.9 Å². The van der Waals surface area contributed by atoms with Gasteiger partial charge in [0.1, 0.15) is 0 Å². The minimum absolute atomic E-state index is 0.0427. The molecule has 5 heterocycles. The summed E-state index contributed by atoms with van der Waals surface area (Å²) in [6.45, 7) is 32.1. The molecule has 0 spiro atoms. The summed E-state index contributed by atoms with van der Waals surface area (Å²) >= 11 is 0. The first-order valence-electron chi connectivity index (χ1n) is 24.0. The lowest BCUT2D eigenvalue weighted by Gasteiger charge is -2.26. The molecule has 334 valence electrons. The van der Waals surface area contributed by atoms with Crippen molar-refractivity contribution in [3.05, 3.63) is 152 Å². The highest BCUT2D eigenvalue weighted by molar-refractivity contribution is 6.03. The topological polar surface area (TPSA) is 57.4 Å². The average Bonchev–Trinajstić information content (AvgIpc) is 3.98. The van der Waals surface area contributed by atoms with E-state index in [0.717, 1.165) is 98.3 Å². The highest BCUT2D eigenvalue weighted by atomic mass is 14.8. The van der Waals surface area contributed by atoms with Crippen LogP contribution in [-0.2, 0) is 23.7 Å². The van der Waals surface area contributed by atoms with Gasteiger partial charge in [0.25, 0.3) is 0 Å². The molecule has 0 radical (unpaired) electrons. The Bertz CT molecular complexity index is 3110. The van der Waals surface area contributed by atoms with E-state index in [-0.39, 0.29) is 10.8 Å². The maximum absolute atomic E-state index is 5.64. The van der Waals surface area contributed by atoms with Crippen LogP contribution in [-0.4, -0.2) is 19.9 Å². The highest BCUT2D eigenvalue weighted by Gasteiger charge is 2.28. The zero-order valence-electron chi connectivity index (χ0n) is 41.8. The molecule has 0 saturated heterocycles. The van der Waals surface area contributed by atoms with Crippen molar-refractivity contribution in [1.29, 1.82) is 0 Å². The molecule has 4 heteroatoms. The molecular weight excluding hydrogens is 801 g/mol. The van der Waals surface area contributed by atoms with Gasteiger partial charge < -0.3 is 9.97 Å². The summed E-state index contributed by atoms with van der Waals surface area (Å²) in [5.74, 6) is 9.38. The fourth-order valence-corrected chi connectivity index (χ4v) is 10.0. The zero-order valence-corrected chi connectivity index (χ0v) is 41.8. The third-order valence-electron chi connectivity index (χ3n) is 14.0. The summed E-state index contributed by atoms with van der Waals surface area (Å²) in [5.41, 5.74) is 28.3. The van der Waals surface area contributed by atoms with Crippen molar-refractivity contribution in [3.63, 3.8) is 0 Å². The summed E-state index contributed by atoms with van der Waals surface area (Å²) in [7, 11) is 0. The van der Waals surface area contributed by atoms with Crippen molar-refractivity contribution >= 4 is 44.4 Å². The number of aryl methyl sites for hydroxylation is 4. The van der Waals surface area contributed by atoms with Crippen LogP contribution in [0.1, 0.15) is 169 Å². The number of fused-ring (bicyclic) bond motifs is 8. The van der Waals surface area contributed by atoms with Gasteiger partial charge in [-0.1, -0.05) is 117 Å². The Labute approximate surface area is 394 Å². The molecule has 8 bridgehead atoms. The first-order chi connectivity index (χ1) is 31.4. The molecule has 2 aliphatic rings. The van der Waals surface area contributed by atoms with E-state index < -0.39 is 0 Å². The van der Waals surface area contributed by atoms with Gasteiger partial charge in [0.15, 0.2) is 0 Å². The molecule has 0 amide bonds. The van der Waals surface area contributed by atoms with Gasteiger partial charge in [-0.2, -0.15) is 0 Å². The monoisotopic (exact) mass is 867 g/mol. The van der Waals surface area contributed by atoms with Crippen molar-refractivity contribution in [3.8, 4) is 46.4 Å². The van der Waals surface area contributed by atoms with Gasteiger partial charge in [0, 0.05) is 38.9 Å². The van der Waals surface area contributed by atoms with E-state index >= 15 is 0 Å². The lowest BCUT2D eigenvalue weighted by atomic mass is 9.78. The number of aromatic amines is 2. The first kappa shape index (κ1) is 45.9. The standard InChI is InChI=1S/C62H66N4/c1-16-40-21-23-41(24-22-40)25-26-42-27-29-43(30-28-42)55-57-36(6)47(17-2)51(63-57)34-53-49(19-4)38(8)59(65-53)56(44-31-45(61(10,11)12)33-46(32-44)62(13,14)15)60-39(9)50(20-5)54(66-60)35-52-48(18-3)37(7)58(55)64-52/h1,21-24,27-35,65-66H,17-20H2,2-15H3. The molecular formula is C62H66N4. The third kappa shape index (κ3) is 8.28. The lowest BCUT2D eigenvalue weighted by Crippen LogP contribution is -2.16. The van der Waals surface area contributed by atoms with Crippen LogP contribution in [0.4, 0.5) is 0 Å². The summed E-state index contributed by atoms with van der Waals surface area (Å²) in [6.07, 6.45) is 9.06. The Kier molecular flexibility index (Phi) is 12.3. The number of hydrogen-bond acceptors (Lipinski definition) is 2. The van der Waals surface area contributed by atoms with Crippen molar-refractivity contribution in [1.82, 2.24) is 19.9 Å². The smallest absolute Gasteiger partial charge is 0.0769 e. The van der Waals surface area contributed by atoms with Crippen molar-refractivity contribution in [2.24, 2.45) is 0 Å². The summed E-state index contributed by atoms with van der Waals surface area (Å²) in [5, 5.41) is 0. The van der Waals surface area contributed by atoms with Crippen LogP contribution in [0, 0.1) is 38.0 Å². The molecule has 8 rings (SSSR count). The quantitative estimate of drug-likeness (QED) is 0.164. The molecule has 0 fully saturated rings. The number of aromatic nitrogens is 4. The van der Waals surface area contributed by atoms with Gasteiger partial charge in [0.05, 0.1) is 33.8 Å². The number of hydrogen-bond donors (Lipinski definition) is 2. The Balaban J connectivity index is 1.51. The fourth-order valence-electron chi connectivity index (χ4n) is 10.0. The van der Waals surface area contributed by atoms with Gasteiger partial charge in [-0.25, -0.2) is 9.97 Å². The van der Waals surface area contributed by atoms with Gasteiger partial charge >= 0.3 is 0 Å². The maximum Gasteiger partial charge on any atom is 0.0769 e. The predicted molar refractivity (Wildman–Crippen MR) is 283 cm³/mol. The van der Waals surface area contributed by atoms with Crippen molar-refractivity contribution in [2.45, 2.75) is 133 Å². The van der Waals surface area contributed by atoms with Gasteiger partial charge in [-0.05, 0) is 180 Å². The van der Waals surface area contributed by atoms with Gasteiger partial charge in [-0.15, -0.1) is 6.42 Å². The van der Waals surface area contributed by atoms with Crippen LogP contribution in [0.2, 0.25) is 0 Å². The molecule has 66 heavy (non-hydrogen) atoms. The number of H-pyrrole nitrogens is 2. The summed E-state index contributed by atoms with van der Waals surface area (Å²) in [6, 6.07) is 28.4. The van der Waals surface area contributed by atoms with Crippen LogP contribution >= 0.6 is 0 Å². The van der Waals surface area contributed by atoms with Gasteiger partial charge in [-0.3, -0.25) is 0 Å². The van der Waals surface area contributed by atoms with Crippen LogP contribution in [0.25, 0.3) is 66.6 Å². The van der Waals surface area contributed by atoms with E-state index in [2.05, 4.69) is 179 Å². The summed E-state index contributed by atoms with van der Waals surface area (Å²) < 4.78 is 0. The predicted octanol–water partition coefficient (Wildman–Crippen LogP) is 16.0. The van der Waals surface area contributed by atoms with E-state index in [9.17, 15) is 0 Å². The molecule has 3 aromatic carbocycles. The van der Waals surface area contributed by atoms with Crippen molar-refractivity contribution < 1.29 is 0 Å². The van der Waals surface area contributed by atoms with E-state index in [4.69, 9.17) is 16.4 Å². The van der Waals surface area contributed by atoms with E-state index in [0.29, 0.717) is 0 Å². The Morgan fingerprint density at radius 1 is 0.500 bits per heavy atom. The van der Waals surface area contributed by atoms with E-state index in [1.54, 1.807) is 0 Å². The Morgan fingerprint density at radius 2 is 0.909 bits per heavy atom. The van der Waals surface area contributed by atoms with Gasteiger partial charge in [0.2, 0.25) is 0 Å². The molecule has 0 unspecified atom stereocenters. The number of nitrogens with zero attached hydrogens (tertiary/aromatic N) is 2. The van der Waals surface area contributed by atoms with Crippen LogP contribution < -0.4 is 0 Å². The third-order valence-corrected chi connectivity index (χ3v) is 14.0. The van der Waals surface area contributed by atoms with E-state index in [1.165, 1.54) is 66.8 Å². The molecule has 3 aromatic heterocycles.